The van der Waals surface area contributed by atoms with Crippen LogP contribution in [0.2, 0.25) is 0 Å². The lowest BCUT2D eigenvalue weighted by atomic mass is 9.67. The predicted octanol–water partition coefficient (Wildman–Crippen LogP) is 5.84. The Morgan fingerprint density at radius 2 is 2.04 bits per heavy atom. The second-order valence-corrected chi connectivity index (χ2v) is 8.06. The number of anilines is 1. The Balaban J connectivity index is 1.69. The van der Waals surface area contributed by atoms with Crippen molar-refractivity contribution in [1.29, 1.82) is 0 Å². The maximum atomic E-state index is 12.8. The minimum Gasteiger partial charge on any atom is -0.399 e. The molecule has 2 aromatic carbocycles. The Morgan fingerprint density at radius 1 is 1.25 bits per heavy atom. The molecular formula is C25H31NO2. The van der Waals surface area contributed by atoms with Gasteiger partial charge in [-0.1, -0.05) is 30.3 Å². The number of nitrogen functional groups attached to an aromatic ring is 1. The summed E-state index contributed by atoms with van der Waals surface area (Å²) < 4.78 is 5.45. The van der Waals surface area contributed by atoms with E-state index in [1.165, 1.54) is 11.1 Å². The van der Waals surface area contributed by atoms with Crippen molar-refractivity contribution in [1.82, 2.24) is 0 Å². The van der Waals surface area contributed by atoms with E-state index in [1.807, 2.05) is 38.1 Å². The number of hydrogen-bond donors (Lipinski definition) is 1. The fraction of sp³-hybridized carbons (Fsp3) is 0.400. The van der Waals surface area contributed by atoms with Crippen LogP contribution in [0.15, 0.2) is 48.0 Å². The summed E-state index contributed by atoms with van der Waals surface area (Å²) in [6, 6.07) is 14.5. The zero-order valence-corrected chi connectivity index (χ0v) is 17.4. The van der Waals surface area contributed by atoms with Gasteiger partial charge in [0.05, 0.1) is 6.10 Å². The molecule has 2 N–H and O–H groups in total. The van der Waals surface area contributed by atoms with E-state index >= 15 is 0 Å². The molecule has 3 atom stereocenters. The number of aryl methyl sites for hydroxylation is 1. The summed E-state index contributed by atoms with van der Waals surface area (Å²) in [7, 11) is 1.74. The van der Waals surface area contributed by atoms with Crippen LogP contribution in [0.4, 0.5) is 5.69 Å². The molecule has 0 aromatic heterocycles. The summed E-state index contributed by atoms with van der Waals surface area (Å²) in [5, 5.41) is 0. The van der Waals surface area contributed by atoms with E-state index in [0.717, 1.165) is 35.2 Å². The van der Waals surface area contributed by atoms with Crippen LogP contribution in [0, 0.1) is 12.8 Å². The van der Waals surface area contributed by atoms with Gasteiger partial charge in [-0.2, -0.15) is 0 Å². The Morgan fingerprint density at radius 3 is 2.71 bits per heavy atom. The van der Waals surface area contributed by atoms with E-state index in [-0.39, 0.29) is 11.9 Å². The quantitative estimate of drug-likeness (QED) is 0.487. The molecule has 0 heterocycles. The smallest absolute Gasteiger partial charge is 0.158 e. The summed E-state index contributed by atoms with van der Waals surface area (Å²) in [6.07, 6.45) is 4.94. The molecule has 0 radical (unpaired) electrons. The maximum Gasteiger partial charge on any atom is 0.158 e. The monoisotopic (exact) mass is 377 g/mol. The summed E-state index contributed by atoms with van der Waals surface area (Å²) >= 11 is 0. The summed E-state index contributed by atoms with van der Waals surface area (Å²) in [6.45, 7) is 6.02. The highest BCUT2D eigenvalue weighted by atomic mass is 16.5. The number of hydrogen-bond acceptors (Lipinski definition) is 3. The number of ketones is 1. The van der Waals surface area contributed by atoms with Crippen molar-refractivity contribution in [2.45, 2.75) is 52.1 Å². The van der Waals surface area contributed by atoms with Gasteiger partial charge in [0.2, 0.25) is 0 Å². The third kappa shape index (κ3) is 4.53. The van der Waals surface area contributed by atoms with Gasteiger partial charge < -0.3 is 10.5 Å². The minimum absolute atomic E-state index is 0.0897. The zero-order chi connectivity index (χ0) is 20.3. The van der Waals surface area contributed by atoms with E-state index in [1.54, 1.807) is 7.11 Å². The van der Waals surface area contributed by atoms with Gasteiger partial charge in [-0.3, -0.25) is 4.79 Å². The Hall–Kier alpha value is -2.39. The predicted molar refractivity (Wildman–Crippen MR) is 116 cm³/mol. The number of rotatable bonds is 7. The van der Waals surface area contributed by atoms with Crippen LogP contribution in [-0.4, -0.2) is 12.9 Å². The second-order valence-electron chi connectivity index (χ2n) is 8.06. The highest BCUT2D eigenvalue weighted by molar-refractivity contribution is 5.99. The average Bonchev–Trinajstić information content (AvgIpc) is 2.67. The number of nitrogens with two attached hydrogens (primary N) is 1. The van der Waals surface area contributed by atoms with E-state index < -0.39 is 0 Å². The van der Waals surface area contributed by atoms with E-state index in [4.69, 9.17) is 10.5 Å². The number of carbonyl (C=O) groups is 1. The number of benzene rings is 2. The van der Waals surface area contributed by atoms with Crippen molar-refractivity contribution in [3.05, 3.63) is 70.3 Å². The fourth-order valence-electron chi connectivity index (χ4n) is 3.96. The lowest BCUT2D eigenvalue weighted by Crippen LogP contribution is -2.26. The number of allylic oxidation sites excluding steroid dienone is 1. The van der Waals surface area contributed by atoms with Crippen LogP contribution < -0.4 is 5.73 Å². The zero-order valence-electron chi connectivity index (χ0n) is 17.4. The number of ether oxygens (including phenoxy) is 1. The van der Waals surface area contributed by atoms with Crippen LogP contribution in [0.25, 0.3) is 6.08 Å². The van der Waals surface area contributed by atoms with E-state index in [2.05, 4.69) is 31.2 Å². The van der Waals surface area contributed by atoms with Gasteiger partial charge >= 0.3 is 0 Å². The van der Waals surface area contributed by atoms with Crippen LogP contribution in [0.5, 0.6) is 0 Å². The SMILES string of the molecule is COC(C)c1cccc(C2CCC2CC(=O)/C(C)=C/c2cc(N)ccc2C)c1. The number of Topliss-reactive ketones (excluding diaryl/α,β-unsaturated/α-hetero) is 1. The first-order valence-corrected chi connectivity index (χ1v) is 10.1. The number of methoxy groups -OCH3 is 1. The van der Waals surface area contributed by atoms with E-state index in [0.29, 0.717) is 18.3 Å². The van der Waals surface area contributed by atoms with E-state index in [9.17, 15) is 4.79 Å². The second kappa shape index (κ2) is 8.74. The van der Waals surface area contributed by atoms with Crippen LogP contribution >= 0.6 is 0 Å². The van der Waals surface area contributed by atoms with Gasteiger partial charge in [0.25, 0.3) is 0 Å². The fourth-order valence-corrected chi connectivity index (χ4v) is 3.96. The molecule has 148 valence electrons. The molecule has 0 aliphatic heterocycles. The van der Waals surface area contributed by atoms with Crippen molar-refractivity contribution in [2.24, 2.45) is 5.92 Å². The number of carbonyl (C=O) groups excluding carboxylic acids is 1. The molecule has 28 heavy (non-hydrogen) atoms. The molecule has 0 spiro atoms. The van der Waals surface area contributed by atoms with Crippen LogP contribution in [0.3, 0.4) is 0 Å². The van der Waals surface area contributed by atoms with Gasteiger partial charge in [-0.05, 0) is 91.5 Å². The molecule has 3 rings (SSSR count). The molecule has 0 bridgehead atoms. The molecule has 1 aliphatic rings. The topological polar surface area (TPSA) is 52.3 Å². The largest absolute Gasteiger partial charge is 0.399 e. The van der Waals surface area contributed by atoms with Crippen molar-refractivity contribution in [2.75, 3.05) is 12.8 Å². The summed E-state index contributed by atoms with van der Waals surface area (Å²) in [4.78, 5) is 12.8. The lowest BCUT2D eigenvalue weighted by Gasteiger charge is -2.37. The molecule has 1 aliphatic carbocycles. The molecule has 1 saturated carbocycles. The summed E-state index contributed by atoms with van der Waals surface area (Å²) in [5.41, 5.74) is 12.1. The Kier molecular flexibility index (Phi) is 6.35. The van der Waals surface area contributed by atoms with Crippen molar-refractivity contribution >= 4 is 17.5 Å². The van der Waals surface area contributed by atoms with Crippen molar-refractivity contribution in [3.63, 3.8) is 0 Å². The first kappa shape index (κ1) is 20.3. The van der Waals surface area contributed by atoms with Gasteiger partial charge in [0.15, 0.2) is 5.78 Å². The molecule has 3 nitrogen and oxygen atoms in total. The first-order valence-electron chi connectivity index (χ1n) is 10.1. The Bertz CT molecular complexity index is 884. The molecule has 2 aromatic rings. The third-order valence-electron chi connectivity index (χ3n) is 6.14. The lowest BCUT2D eigenvalue weighted by molar-refractivity contribution is -0.117. The highest BCUT2D eigenvalue weighted by Gasteiger charge is 2.33. The molecule has 0 saturated heterocycles. The van der Waals surface area contributed by atoms with Crippen LogP contribution in [0.1, 0.15) is 67.4 Å². The van der Waals surface area contributed by atoms with Gasteiger partial charge in [-0.15, -0.1) is 0 Å². The standard InChI is InChI=1S/C25H31NO2/c1-16-8-10-23(26)14-22(16)12-17(2)25(27)15-21-9-11-24(21)20-7-5-6-19(13-20)18(3)28-4/h5-8,10,12-14,18,21,24H,9,11,15,26H2,1-4H3/b17-12+. The van der Waals surface area contributed by atoms with Crippen LogP contribution in [-0.2, 0) is 9.53 Å². The van der Waals surface area contributed by atoms with Gasteiger partial charge in [0, 0.05) is 19.2 Å². The average molecular weight is 378 g/mol. The van der Waals surface area contributed by atoms with Gasteiger partial charge in [-0.25, -0.2) is 0 Å². The normalized spacial score (nSPS) is 20.5. The molecule has 3 heteroatoms. The summed E-state index contributed by atoms with van der Waals surface area (Å²) in [5.74, 6) is 1.12. The molecular weight excluding hydrogens is 346 g/mol. The van der Waals surface area contributed by atoms with Gasteiger partial charge in [0.1, 0.15) is 0 Å². The third-order valence-corrected chi connectivity index (χ3v) is 6.14. The maximum absolute atomic E-state index is 12.8. The molecule has 0 amide bonds. The first-order chi connectivity index (χ1) is 13.4. The van der Waals surface area contributed by atoms with Crippen molar-refractivity contribution < 1.29 is 9.53 Å². The highest BCUT2D eigenvalue weighted by Crippen LogP contribution is 2.45. The minimum atomic E-state index is 0.0897. The Labute approximate surface area is 168 Å². The molecule has 3 unspecified atom stereocenters. The molecule has 1 fully saturated rings. The van der Waals surface area contributed by atoms with Crippen molar-refractivity contribution in [3.8, 4) is 0 Å².